The molecule has 3 heterocycles. The Morgan fingerprint density at radius 3 is 2.81 bits per heavy atom. The Kier molecular flexibility index (Phi) is 5.33. The van der Waals surface area contributed by atoms with Crippen molar-refractivity contribution in [1.29, 1.82) is 0 Å². The number of carbonyl (C=O) groups is 2. The Hall–Kier alpha value is -2.28. The summed E-state index contributed by atoms with van der Waals surface area (Å²) in [5, 5.41) is 3.42. The molecule has 1 aliphatic heterocycles. The monoisotopic (exact) mass is 387 g/mol. The molecule has 0 aliphatic carbocycles. The molecule has 0 bridgehead atoms. The first-order valence-electron chi connectivity index (χ1n) is 9.19. The van der Waals surface area contributed by atoms with Crippen molar-refractivity contribution in [2.45, 2.75) is 58.9 Å². The highest BCUT2D eigenvalue weighted by Gasteiger charge is 2.32. The molecule has 1 atom stereocenters. The van der Waals surface area contributed by atoms with Gasteiger partial charge in [-0.1, -0.05) is 32.1 Å². The van der Waals surface area contributed by atoms with Gasteiger partial charge in [-0.15, -0.1) is 0 Å². The molecular weight excluding hydrogens is 361 g/mol. The van der Waals surface area contributed by atoms with E-state index in [2.05, 4.69) is 42.1 Å². The summed E-state index contributed by atoms with van der Waals surface area (Å²) in [6, 6.07) is 3.48. The zero-order valence-electron chi connectivity index (χ0n) is 16.5. The number of hydrogen-bond donors (Lipinski definition) is 1. The average molecular weight is 388 g/mol. The molecule has 7 heteroatoms. The van der Waals surface area contributed by atoms with E-state index in [9.17, 15) is 9.59 Å². The first-order valence-corrected chi connectivity index (χ1v) is 10.0. The average Bonchev–Trinajstić information content (AvgIpc) is 3.21. The SMILES string of the molecule is CC(=[17O])[C@@H]1CCCN1C(=O)Nc1nc(C)c(-c2ccnc(C(C)(C)C)c2)s1. The second-order valence-corrected chi connectivity index (χ2v) is 9.00. The molecule has 1 aliphatic rings. The van der Waals surface area contributed by atoms with Crippen molar-refractivity contribution < 1.29 is 9.59 Å². The van der Waals surface area contributed by atoms with Crippen molar-refractivity contribution in [3.05, 3.63) is 29.7 Å². The minimum Gasteiger partial charge on any atom is -0.314 e. The van der Waals surface area contributed by atoms with Crippen LogP contribution in [0, 0.1) is 6.92 Å². The standard InChI is InChI=1S/C20H26N4O2S/c1-12-17(14-8-9-21-16(11-14)20(3,4)5)27-18(22-12)23-19(26)24-10-6-7-15(24)13(2)25/h8-9,11,15H,6-7,10H2,1-5H3,(H,22,23,26)/t15-/m0/s1/i25+1. The van der Waals surface area contributed by atoms with Crippen molar-refractivity contribution >= 4 is 28.3 Å². The van der Waals surface area contributed by atoms with E-state index in [0.717, 1.165) is 34.7 Å². The summed E-state index contributed by atoms with van der Waals surface area (Å²) in [6.07, 6.45) is 3.40. The van der Waals surface area contributed by atoms with E-state index in [1.807, 2.05) is 19.2 Å². The zero-order chi connectivity index (χ0) is 19.8. The number of Topliss-reactive ketones (excluding diaryl/α,β-unsaturated/α-hetero) is 1. The van der Waals surface area contributed by atoms with Crippen LogP contribution in [-0.2, 0) is 10.2 Å². The predicted molar refractivity (Wildman–Crippen MR) is 108 cm³/mol. The van der Waals surface area contributed by atoms with E-state index < -0.39 is 0 Å². The van der Waals surface area contributed by atoms with Gasteiger partial charge < -0.3 is 4.90 Å². The lowest BCUT2D eigenvalue weighted by atomic mass is 9.90. The van der Waals surface area contributed by atoms with Crippen LogP contribution in [0.25, 0.3) is 10.4 Å². The van der Waals surface area contributed by atoms with Gasteiger partial charge >= 0.3 is 6.03 Å². The molecule has 1 saturated heterocycles. The Morgan fingerprint density at radius 1 is 1.41 bits per heavy atom. The van der Waals surface area contributed by atoms with Gasteiger partial charge in [-0.2, -0.15) is 0 Å². The number of rotatable bonds is 3. The fourth-order valence-electron chi connectivity index (χ4n) is 3.30. The maximum Gasteiger partial charge on any atom is 0.324 e. The van der Waals surface area contributed by atoms with Crippen LogP contribution in [-0.4, -0.2) is 39.3 Å². The first-order chi connectivity index (χ1) is 12.7. The summed E-state index contributed by atoms with van der Waals surface area (Å²) in [5.41, 5.74) is 2.89. The van der Waals surface area contributed by atoms with Crippen LogP contribution in [0.15, 0.2) is 18.3 Å². The highest BCUT2D eigenvalue weighted by Crippen LogP contribution is 2.34. The van der Waals surface area contributed by atoms with Crippen LogP contribution in [0.3, 0.4) is 0 Å². The Bertz CT molecular complexity index is 869. The van der Waals surface area contributed by atoms with Gasteiger partial charge in [0.05, 0.1) is 16.6 Å². The molecule has 0 radical (unpaired) electrons. The molecule has 0 aromatic carbocycles. The summed E-state index contributed by atoms with van der Waals surface area (Å²) in [4.78, 5) is 35.9. The number of likely N-dealkylation sites (tertiary alicyclic amines) is 1. The second kappa shape index (κ2) is 7.38. The molecule has 0 spiro atoms. The van der Waals surface area contributed by atoms with Gasteiger partial charge in [-0.05, 0) is 44.4 Å². The lowest BCUT2D eigenvalue weighted by molar-refractivity contribution is -0.120. The summed E-state index contributed by atoms with van der Waals surface area (Å²) in [6.45, 7) is 10.5. The Morgan fingerprint density at radius 2 is 2.15 bits per heavy atom. The number of pyridine rings is 1. The van der Waals surface area contributed by atoms with Gasteiger partial charge in [0.25, 0.3) is 0 Å². The summed E-state index contributed by atoms with van der Waals surface area (Å²) < 4.78 is 0. The topological polar surface area (TPSA) is 75.2 Å². The fourth-order valence-corrected chi connectivity index (χ4v) is 4.25. The first kappa shape index (κ1) is 19.5. The summed E-state index contributed by atoms with van der Waals surface area (Å²) >= 11 is 1.45. The van der Waals surface area contributed by atoms with Crippen LogP contribution < -0.4 is 5.32 Å². The summed E-state index contributed by atoms with van der Waals surface area (Å²) in [7, 11) is 0. The molecule has 2 amide bonds. The van der Waals surface area contributed by atoms with E-state index >= 15 is 0 Å². The van der Waals surface area contributed by atoms with Crippen LogP contribution in [0.1, 0.15) is 51.9 Å². The van der Waals surface area contributed by atoms with Gasteiger partial charge in [0.2, 0.25) is 0 Å². The Balaban J connectivity index is 1.81. The maximum atomic E-state index is 12.6. The number of aryl methyl sites for hydroxylation is 1. The zero-order valence-corrected chi connectivity index (χ0v) is 17.3. The molecule has 0 saturated carbocycles. The van der Waals surface area contributed by atoms with E-state index in [0.29, 0.717) is 11.7 Å². The van der Waals surface area contributed by atoms with Gasteiger partial charge in [0, 0.05) is 23.9 Å². The molecule has 144 valence electrons. The van der Waals surface area contributed by atoms with Gasteiger partial charge in [0.15, 0.2) is 10.9 Å². The smallest absolute Gasteiger partial charge is 0.314 e. The van der Waals surface area contributed by atoms with Gasteiger partial charge in [0.1, 0.15) is 0 Å². The van der Waals surface area contributed by atoms with Crippen molar-refractivity contribution in [2.75, 3.05) is 11.9 Å². The third-order valence-corrected chi connectivity index (χ3v) is 5.91. The molecule has 1 N–H and O–H groups in total. The van der Waals surface area contributed by atoms with Crippen LogP contribution in [0.4, 0.5) is 9.93 Å². The number of nitrogens with zero attached hydrogens (tertiary/aromatic N) is 3. The fraction of sp³-hybridized carbons (Fsp3) is 0.500. The molecule has 0 unspecified atom stereocenters. The van der Waals surface area contributed by atoms with Gasteiger partial charge in [-0.25, -0.2) is 9.78 Å². The molecule has 3 rings (SSSR count). The molecule has 27 heavy (non-hydrogen) atoms. The van der Waals surface area contributed by atoms with Crippen LogP contribution in [0.5, 0.6) is 0 Å². The number of urea groups is 1. The maximum absolute atomic E-state index is 12.6. The van der Waals surface area contributed by atoms with E-state index in [-0.39, 0.29) is 23.3 Å². The highest BCUT2D eigenvalue weighted by molar-refractivity contribution is 7.19. The number of amides is 2. The normalized spacial score (nSPS) is 17.2. The number of nitrogens with one attached hydrogen (secondary N) is 1. The number of hydrogen-bond acceptors (Lipinski definition) is 5. The number of thiazole rings is 1. The number of anilines is 1. The van der Waals surface area contributed by atoms with Crippen molar-refractivity contribution in [3.63, 3.8) is 0 Å². The molecule has 6 nitrogen and oxygen atoms in total. The third-order valence-electron chi connectivity index (χ3n) is 4.78. The molecular formula is C20H26N4O2S. The second-order valence-electron chi connectivity index (χ2n) is 8.01. The molecule has 2 aromatic heterocycles. The number of aromatic nitrogens is 2. The quantitative estimate of drug-likeness (QED) is 0.847. The van der Waals surface area contributed by atoms with Gasteiger partial charge in [-0.3, -0.25) is 15.1 Å². The van der Waals surface area contributed by atoms with E-state index in [1.165, 1.54) is 18.3 Å². The van der Waals surface area contributed by atoms with Crippen LogP contribution in [0.2, 0.25) is 0 Å². The molecule has 2 aromatic rings. The predicted octanol–water partition coefficient (Wildman–Crippen LogP) is 4.40. The Labute approximate surface area is 164 Å². The lowest BCUT2D eigenvalue weighted by Crippen LogP contribution is -2.42. The van der Waals surface area contributed by atoms with Crippen molar-refractivity contribution in [3.8, 4) is 10.4 Å². The van der Waals surface area contributed by atoms with Crippen molar-refractivity contribution in [1.82, 2.24) is 14.9 Å². The van der Waals surface area contributed by atoms with Crippen LogP contribution >= 0.6 is 11.3 Å². The number of ketones is 1. The largest absolute Gasteiger partial charge is 0.324 e. The minimum absolute atomic E-state index is 0.0325. The third kappa shape index (κ3) is 4.18. The summed E-state index contributed by atoms with van der Waals surface area (Å²) in [5.74, 6) is 0.0325. The minimum atomic E-state index is -0.319. The highest BCUT2D eigenvalue weighted by atomic mass is 32.1. The lowest BCUT2D eigenvalue weighted by Gasteiger charge is -2.22. The van der Waals surface area contributed by atoms with Crippen molar-refractivity contribution in [2.24, 2.45) is 0 Å². The van der Waals surface area contributed by atoms with E-state index in [4.69, 9.17) is 0 Å². The molecule has 1 fully saturated rings. The van der Waals surface area contributed by atoms with E-state index in [1.54, 1.807) is 4.90 Å². The number of carbonyl (C=O) groups excluding carboxylic acids is 2.